The fraction of sp³-hybridized carbons (Fsp3) is 0.278. The van der Waals surface area contributed by atoms with Gasteiger partial charge in [-0.3, -0.25) is 4.98 Å². The van der Waals surface area contributed by atoms with Crippen LogP contribution in [-0.2, 0) is 0 Å². The van der Waals surface area contributed by atoms with Crippen molar-refractivity contribution in [2.24, 2.45) is 0 Å². The molecule has 0 bridgehead atoms. The van der Waals surface area contributed by atoms with Gasteiger partial charge < -0.3 is 10.6 Å². The van der Waals surface area contributed by atoms with E-state index in [-0.39, 0.29) is 12.1 Å². The molecule has 122 valence electrons. The summed E-state index contributed by atoms with van der Waals surface area (Å²) in [6.45, 7) is 1.91. The Bertz CT molecular complexity index is 873. The minimum absolute atomic E-state index is 0.153. The number of hydrogen-bond acceptors (Lipinski definition) is 4. The number of hydrogen-bond donors (Lipinski definition) is 2. The Morgan fingerprint density at radius 1 is 1.29 bits per heavy atom. The van der Waals surface area contributed by atoms with Gasteiger partial charge in [0.2, 0.25) is 0 Å². The zero-order valence-corrected chi connectivity index (χ0v) is 14.1. The van der Waals surface area contributed by atoms with Crippen molar-refractivity contribution in [2.45, 2.75) is 31.7 Å². The summed E-state index contributed by atoms with van der Waals surface area (Å²) in [5.74, 6) is 0.654. The van der Waals surface area contributed by atoms with E-state index in [0.717, 1.165) is 21.6 Å². The van der Waals surface area contributed by atoms with Gasteiger partial charge in [0.15, 0.2) is 0 Å². The fourth-order valence-electron chi connectivity index (χ4n) is 2.59. The van der Waals surface area contributed by atoms with Crippen LogP contribution in [0, 0.1) is 0 Å². The molecule has 1 unspecified atom stereocenters. The number of benzene rings is 1. The standard InChI is InChI=1S/C18H18N4OS/c1-11(14-4-2-3-9-19-14)20-18(23)21-13-7-8-15-16(10-13)24-17(22-15)12-5-6-12/h2-4,7-12H,5-6H2,1H3,(H2,20,21,23). The third kappa shape index (κ3) is 3.23. The lowest BCUT2D eigenvalue weighted by atomic mass is 10.2. The molecule has 6 heteroatoms. The van der Waals surface area contributed by atoms with Gasteiger partial charge >= 0.3 is 6.03 Å². The van der Waals surface area contributed by atoms with Crippen LogP contribution in [0.1, 0.15) is 42.4 Å². The van der Waals surface area contributed by atoms with Gasteiger partial charge in [0.1, 0.15) is 0 Å². The van der Waals surface area contributed by atoms with E-state index >= 15 is 0 Å². The molecule has 0 radical (unpaired) electrons. The van der Waals surface area contributed by atoms with Crippen molar-refractivity contribution in [3.05, 3.63) is 53.3 Å². The van der Waals surface area contributed by atoms with Crippen molar-refractivity contribution >= 4 is 33.3 Å². The van der Waals surface area contributed by atoms with Crippen molar-refractivity contribution in [3.63, 3.8) is 0 Å². The molecule has 1 aliphatic rings. The Morgan fingerprint density at radius 2 is 2.17 bits per heavy atom. The summed E-state index contributed by atoms with van der Waals surface area (Å²) in [5, 5.41) is 7.01. The summed E-state index contributed by atoms with van der Waals surface area (Å²) < 4.78 is 1.12. The first kappa shape index (κ1) is 15.1. The summed E-state index contributed by atoms with van der Waals surface area (Å²) in [5.41, 5.74) is 2.62. The maximum atomic E-state index is 12.2. The normalized spacial score (nSPS) is 15.2. The van der Waals surface area contributed by atoms with Gasteiger partial charge in [-0.2, -0.15) is 0 Å². The molecule has 1 aromatic carbocycles. The van der Waals surface area contributed by atoms with E-state index in [1.165, 1.54) is 17.8 Å². The zero-order chi connectivity index (χ0) is 16.5. The summed E-state index contributed by atoms with van der Waals surface area (Å²) in [4.78, 5) is 21.1. The molecule has 1 aliphatic carbocycles. The lowest BCUT2D eigenvalue weighted by molar-refractivity contribution is 0.249. The molecule has 1 saturated carbocycles. The highest BCUT2D eigenvalue weighted by atomic mass is 32.1. The SMILES string of the molecule is CC(NC(=O)Nc1ccc2nc(C3CC3)sc2c1)c1ccccn1. The van der Waals surface area contributed by atoms with Crippen molar-refractivity contribution in [3.8, 4) is 0 Å². The summed E-state index contributed by atoms with van der Waals surface area (Å²) in [6.07, 6.45) is 4.22. The van der Waals surface area contributed by atoms with E-state index in [9.17, 15) is 4.79 Å². The molecule has 2 N–H and O–H groups in total. The Hall–Kier alpha value is -2.47. The second-order valence-electron chi connectivity index (χ2n) is 6.08. The third-order valence-corrected chi connectivity index (χ3v) is 5.25. The lowest BCUT2D eigenvalue weighted by Gasteiger charge is -2.14. The second kappa shape index (κ2) is 6.20. The Labute approximate surface area is 144 Å². The number of aromatic nitrogens is 2. The molecule has 0 saturated heterocycles. The van der Waals surface area contributed by atoms with Crippen LogP contribution in [0.2, 0.25) is 0 Å². The van der Waals surface area contributed by atoms with Gasteiger partial charge in [0, 0.05) is 17.8 Å². The summed E-state index contributed by atoms with van der Waals surface area (Å²) in [7, 11) is 0. The van der Waals surface area contributed by atoms with E-state index in [1.807, 2.05) is 43.3 Å². The Morgan fingerprint density at radius 3 is 2.92 bits per heavy atom. The van der Waals surface area contributed by atoms with Crippen LogP contribution >= 0.6 is 11.3 Å². The number of nitrogens with one attached hydrogen (secondary N) is 2. The first-order valence-electron chi connectivity index (χ1n) is 8.08. The first-order chi connectivity index (χ1) is 11.7. The van der Waals surface area contributed by atoms with Crippen molar-refractivity contribution < 1.29 is 4.79 Å². The van der Waals surface area contributed by atoms with Gasteiger partial charge in [-0.05, 0) is 50.1 Å². The number of carbonyl (C=O) groups is 1. The molecule has 3 aromatic rings. The summed E-state index contributed by atoms with van der Waals surface area (Å²) >= 11 is 1.73. The van der Waals surface area contributed by atoms with Gasteiger partial charge in [0.25, 0.3) is 0 Å². The molecule has 1 atom stereocenters. The number of nitrogens with zero attached hydrogens (tertiary/aromatic N) is 2. The molecule has 4 rings (SSSR count). The molecule has 2 amide bonds. The van der Waals surface area contributed by atoms with Crippen LogP contribution in [-0.4, -0.2) is 16.0 Å². The molecule has 5 nitrogen and oxygen atoms in total. The predicted molar refractivity (Wildman–Crippen MR) is 96.4 cm³/mol. The van der Waals surface area contributed by atoms with Gasteiger partial charge in [-0.1, -0.05) is 6.07 Å². The molecule has 0 aliphatic heterocycles. The zero-order valence-electron chi connectivity index (χ0n) is 13.3. The lowest BCUT2D eigenvalue weighted by Crippen LogP contribution is -2.31. The number of fused-ring (bicyclic) bond motifs is 1. The quantitative estimate of drug-likeness (QED) is 0.738. The van der Waals surface area contributed by atoms with E-state index < -0.39 is 0 Å². The van der Waals surface area contributed by atoms with Gasteiger partial charge in [-0.15, -0.1) is 11.3 Å². The monoisotopic (exact) mass is 338 g/mol. The molecule has 1 fully saturated rings. The molecule has 2 heterocycles. The Balaban J connectivity index is 1.44. The third-order valence-electron chi connectivity index (χ3n) is 4.07. The topological polar surface area (TPSA) is 66.9 Å². The summed E-state index contributed by atoms with van der Waals surface area (Å²) in [6, 6.07) is 11.1. The molecule has 24 heavy (non-hydrogen) atoms. The van der Waals surface area contributed by atoms with E-state index in [0.29, 0.717) is 5.92 Å². The molecule has 0 spiro atoms. The van der Waals surface area contributed by atoms with Crippen LogP contribution < -0.4 is 10.6 Å². The smallest absolute Gasteiger partial charge is 0.319 e. The number of anilines is 1. The maximum absolute atomic E-state index is 12.2. The molecule has 2 aromatic heterocycles. The molecular formula is C18H18N4OS. The number of urea groups is 1. The maximum Gasteiger partial charge on any atom is 0.319 e. The number of amides is 2. The highest BCUT2D eigenvalue weighted by Gasteiger charge is 2.27. The number of rotatable bonds is 4. The average Bonchev–Trinajstić information content (AvgIpc) is 3.35. The average molecular weight is 338 g/mol. The van der Waals surface area contributed by atoms with Crippen molar-refractivity contribution in [2.75, 3.05) is 5.32 Å². The van der Waals surface area contributed by atoms with Crippen LogP contribution in [0.25, 0.3) is 10.2 Å². The van der Waals surface area contributed by atoms with Gasteiger partial charge in [0.05, 0.1) is 27.0 Å². The van der Waals surface area contributed by atoms with Crippen LogP contribution in [0.15, 0.2) is 42.6 Å². The van der Waals surface area contributed by atoms with Gasteiger partial charge in [-0.25, -0.2) is 9.78 Å². The highest BCUT2D eigenvalue weighted by Crippen LogP contribution is 2.43. The number of thiazole rings is 1. The van der Waals surface area contributed by atoms with E-state index in [1.54, 1.807) is 17.5 Å². The fourth-order valence-corrected chi connectivity index (χ4v) is 3.77. The van der Waals surface area contributed by atoms with Crippen LogP contribution in [0.5, 0.6) is 0 Å². The minimum atomic E-state index is -0.237. The predicted octanol–water partition coefficient (Wildman–Crippen LogP) is 4.45. The largest absolute Gasteiger partial charge is 0.330 e. The molecular weight excluding hydrogens is 320 g/mol. The highest BCUT2D eigenvalue weighted by molar-refractivity contribution is 7.18. The van der Waals surface area contributed by atoms with Crippen LogP contribution in [0.4, 0.5) is 10.5 Å². The Kier molecular flexibility index (Phi) is 3.90. The second-order valence-corrected chi connectivity index (χ2v) is 7.15. The first-order valence-corrected chi connectivity index (χ1v) is 8.89. The number of pyridine rings is 1. The van der Waals surface area contributed by atoms with E-state index in [2.05, 4.69) is 20.6 Å². The minimum Gasteiger partial charge on any atom is -0.330 e. The van der Waals surface area contributed by atoms with Crippen LogP contribution in [0.3, 0.4) is 0 Å². The van der Waals surface area contributed by atoms with E-state index in [4.69, 9.17) is 0 Å². The van der Waals surface area contributed by atoms with Crippen molar-refractivity contribution in [1.29, 1.82) is 0 Å². The van der Waals surface area contributed by atoms with Crippen molar-refractivity contribution in [1.82, 2.24) is 15.3 Å². The number of carbonyl (C=O) groups excluding carboxylic acids is 1.